The molecule has 20 heavy (non-hydrogen) atoms. The van der Waals surface area contributed by atoms with Crippen molar-refractivity contribution >= 4 is 16.0 Å². The molecule has 1 aliphatic rings. The second kappa shape index (κ2) is 7.93. The van der Waals surface area contributed by atoms with Gasteiger partial charge in [0.25, 0.3) is 16.0 Å². The van der Waals surface area contributed by atoms with E-state index in [4.69, 9.17) is 4.55 Å². The van der Waals surface area contributed by atoms with Gasteiger partial charge < -0.3 is 0 Å². The minimum Gasteiger partial charge on any atom is -0.286 e. The molecule has 0 bridgehead atoms. The zero-order valence-corrected chi connectivity index (χ0v) is 12.1. The average Bonchev–Trinajstić information content (AvgIpc) is 2.92. The van der Waals surface area contributed by atoms with Crippen LogP contribution in [0.25, 0.3) is 0 Å². The quantitative estimate of drug-likeness (QED) is 0.798. The Morgan fingerprint density at radius 1 is 1.40 bits per heavy atom. The molecule has 2 N–H and O–H groups in total. The summed E-state index contributed by atoms with van der Waals surface area (Å²) in [5.41, 5.74) is 3.30. The highest BCUT2D eigenvalue weighted by Crippen LogP contribution is 2.04. The van der Waals surface area contributed by atoms with Crippen LogP contribution in [0.5, 0.6) is 0 Å². The predicted octanol–water partition coefficient (Wildman–Crippen LogP) is 0.716. The van der Waals surface area contributed by atoms with Gasteiger partial charge in [-0.05, 0) is 31.9 Å². The van der Waals surface area contributed by atoms with Crippen LogP contribution in [-0.4, -0.2) is 47.7 Å². The lowest BCUT2D eigenvalue weighted by molar-refractivity contribution is 0.0820. The van der Waals surface area contributed by atoms with Crippen LogP contribution in [0.15, 0.2) is 24.4 Å². The SMILES string of the molecule is CCS(=O)(=O)O.O=C(NN1CCCC1)c1ccccn1. The van der Waals surface area contributed by atoms with Crippen molar-refractivity contribution < 1.29 is 17.8 Å². The summed E-state index contributed by atoms with van der Waals surface area (Å²) in [5.74, 6) is -0.319. The molecule has 2 heterocycles. The van der Waals surface area contributed by atoms with Crippen molar-refractivity contribution in [1.82, 2.24) is 15.4 Å². The Balaban J connectivity index is 0.000000286. The fourth-order valence-corrected chi connectivity index (χ4v) is 1.53. The van der Waals surface area contributed by atoms with Gasteiger partial charge in [0.05, 0.1) is 5.75 Å². The Morgan fingerprint density at radius 3 is 2.45 bits per heavy atom. The molecule has 1 aromatic rings. The van der Waals surface area contributed by atoms with E-state index in [1.165, 1.54) is 6.92 Å². The maximum Gasteiger partial charge on any atom is 0.284 e. The topological polar surface area (TPSA) is 99.6 Å². The third-order valence-corrected chi connectivity index (χ3v) is 3.36. The highest BCUT2D eigenvalue weighted by Gasteiger charge is 2.15. The van der Waals surface area contributed by atoms with Crippen LogP contribution < -0.4 is 5.43 Å². The van der Waals surface area contributed by atoms with Gasteiger partial charge in [-0.15, -0.1) is 0 Å². The molecular weight excluding hydrogens is 282 g/mol. The first-order chi connectivity index (χ1) is 9.42. The van der Waals surface area contributed by atoms with E-state index in [9.17, 15) is 13.2 Å². The van der Waals surface area contributed by atoms with Crippen LogP contribution in [0.3, 0.4) is 0 Å². The van der Waals surface area contributed by atoms with Gasteiger partial charge in [-0.1, -0.05) is 6.07 Å². The highest BCUT2D eigenvalue weighted by atomic mass is 32.2. The molecule has 112 valence electrons. The van der Waals surface area contributed by atoms with E-state index < -0.39 is 10.1 Å². The van der Waals surface area contributed by atoms with E-state index >= 15 is 0 Å². The second-order valence-corrected chi connectivity index (χ2v) is 5.96. The molecule has 1 amide bonds. The Kier molecular flexibility index (Phi) is 6.56. The number of nitrogens with zero attached hydrogens (tertiary/aromatic N) is 2. The average molecular weight is 301 g/mol. The maximum atomic E-state index is 11.6. The molecule has 0 atom stereocenters. The first kappa shape index (κ1) is 16.5. The van der Waals surface area contributed by atoms with Gasteiger partial charge in [0, 0.05) is 19.3 Å². The third-order valence-electron chi connectivity index (χ3n) is 2.63. The monoisotopic (exact) mass is 301 g/mol. The number of carbonyl (C=O) groups excluding carboxylic acids is 1. The van der Waals surface area contributed by atoms with Crippen LogP contribution in [0.1, 0.15) is 30.3 Å². The van der Waals surface area contributed by atoms with Gasteiger partial charge >= 0.3 is 0 Å². The molecule has 1 aliphatic heterocycles. The van der Waals surface area contributed by atoms with E-state index in [0.29, 0.717) is 5.69 Å². The van der Waals surface area contributed by atoms with E-state index in [1.807, 2.05) is 11.1 Å². The van der Waals surface area contributed by atoms with Crippen LogP contribution in [-0.2, 0) is 10.1 Å². The molecule has 0 radical (unpaired) electrons. The Hall–Kier alpha value is -1.51. The lowest BCUT2D eigenvalue weighted by Crippen LogP contribution is -2.40. The molecule has 7 nitrogen and oxygen atoms in total. The molecular formula is C12H19N3O4S. The number of nitrogens with one attached hydrogen (secondary N) is 1. The minimum absolute atomic E-state index is 0.118. The fourth-order valence-electron chi connectivity index (χ4n) is 1.53. The summed E-state index contributed by atoms with van der Waals surface area (Å²) in [6.07, 6.45) is 3.93. The van der Waals surface area contributed by atoms with Gasteiger partial charge in [0.2, 0.25) is 0 Å². The largest absolute Gasteiger partial charge is 0.286 e. The van der Waals surface area contributed by atoms with E-state index in [1.54, 1.807) is 18.3 Å². The zero-order chi connectivity index (χ0) is 15.0. The number of amides is 1. The molecule has 1 aromatic heterocycles. The Morgan fingerprint density at radius 2 is 2.00 bits per heavy atom. The standard InChI is InChI=1S/C10H13N3O.C2H6O3S/c14-10(9-5-1-2-6-11-9)12-13-7-3-4-8-13;1-2-6(3,4)5/h1-2,5-6H,3-4,7-8H2,(H,12,14);2H2,1H3,(H,3,4,5). The molecule has 0 aliphatic carbocycles. The fraction of sp³-hybridized carbons (Fsp3) is 0.500. The van der Waals surface area contributed by atoms with Crippen LogP contribution >= 0.6 is 0 Å². The number of rotatable bonds is 3. The summed E-state index contributed by atoms with van der Waals surface area (Å²) >= 11 is 0. The van der Waals surface area contributed by atoms with Crippen molar-refractivity contribution in [2.45, 2.75) is 19.8 Å². The summed E-state index contributed by atoms with van der Waals surface area (Å²) in [4.78, 5) is 15.6. The zero-order valence-electron chi connectivity index (χ0n) is 11.3. The van der Waals surface area contributed by atoms with Gasteiger partial charge in [-0.2, -0.15) is 8.42 Å². The number of hydrazine groups is 1. The molecule has 2 rings (SSSR count). The molecule has 1 fully saturated rings. The second-order valence-electron chi connectivity index (χ2n) is 4.22. The first-order valence-corrected chi connectivity index (χ1v) is 7.95. The summed E-state index contributed by atoms with van der Waals surface area (Å²) < 4.78 is 26.9. The minimum atomic E-state index is -3.66. The van der Waals surface area contributed by atoms with Gasteiger partial charge in [-0.25, -0.2) is 5.01 Å². The van der Waals surface area contributed by atoms with Crippen LogP contribution in [0.2, 0.25) is 0 Å². The number of hydrogen-bond donors (Lipinski definition) is 2. The van der Waals surface area contributed by atoms with Crippen molar-refractivity contribution in [2.24, 2.45) is 0 Å². The van der Waals surface area contributed by atoms with Crippen molar-refractivity contribution in [3.05, 3.63) is 30.1 Å². The number of hydrogen-bond acceptors (Lipinski definition) is 5. The van der Waals surface area contributed by atoms with Crippen molar-refractivity contribution in [2.75, 3.05) is 18.8 Å². The predicted molar refractivity (Wildman–Crippen MR) is 74.6 cm³/mol. The normalized spacial score (nSPS) is 15.3. The van der Waals surface area contributed by atoms with Crippen molar-refractivity contribution in [3.8, 4) is 0 Å². The molecule has 0 spiro atoms. The van der Waals surface area contributed by atoms with Gasteiger partial charge in [0.1, 0.15) is 5.69 Å². The van der Waals surface area contributed by atoms with E-state index in [-0.39, 0.29) is 11.7 Å². The highest BCUT2D eigenvalue weighted by molar-refractivity contribution is 7.85. The Labute approximate surface area is 118 Å². The van der Waals surface area contributed by atoms with Crippen LogP contribution in [0, 0.1) is 0 Å². The summed E-state index contributed by atoms with van der Waals surface area (Å²) in [6.45, 7) is 3.26. The molecule has 0 saturated carbocycles. The molecule has 8 heteroatoms. The lowest BCUT2D eigenvalue weighted by atomic mass is 10.3. The lowest BCUT2D eigenvalue weighted by Gasteiger charge is -2.15. The molecule has 1 saturated heterocycles. The van der Waals surface area contributed by atoms with Gasteiger partial charge in [0.15, 0.2) is 0 Å². The molecule has 0 unspecified atom stereocenters. The summed E-state index contributed by atoms with van der Waals surface area (Å²) in [6, 6.07) is 5.32. The Bertz CT molecular complexity index is 513. The number of aromatic nitrogens is 1. The van der Waals surface area contributed by atoms with E-state index in [2.05, 4.69) is 10.4 Å². The summed E-state index contributed by atoms with van der Waals surface area (Å²) in [7, 11) is -3.66. The summed E-state index contributed by atoms with van der Waals surface area (Å²) in [5, 5.41) is 1.94. The first-order valence-electron chi connectivity index (χ1n) is 6.34. The number of carbonyl (C=O) groups is 1. The van der Waals surface area contributed by atoms with Crippen molar-refractivity contribution in [1.29, 1.82) is 0 Å². The third kappa shape index (κ3) is 6.60. The van der Waals surface area contributed by atoms with Gasteiger partial charge in [-0.3, -0.25) is 19.8 Å². The maximum absolute atomic E-state index is 11.6. The molecule has 0 aromatic carbocycles. The van der Waals surface area contributed by atoms with Crippen molar-refractivity contribution in [3.63, 3.8) is 0 Å². The van der Waals surface area contributed by atoms with E-state index in [0.717, 1.165) is 25.9 Å². The number of pyridine rings is 1. The smallest absolute Gasteiger partial charge is 0.284 e. The van der Waals surface area contributed by atoms with Crippen LogP contribution in [0.4, 0.5) is 0 Å².